The number of nitrogens with zero attached hydrogens (tertiary/aromatic N) is 1. The van der Waals surface area contributed by atoms with Crippen LogP contribution in [0.5, 0.6) is 0 Å². The molecule has 1 aromatic rings. The molecule has 1 aromatic carbocycles. The predicted octanol–water partition coefficient (Wildman–Crippen LogP) is 4.19. The van der Waals surface area contributed by atoms with Crippen LogP contribution in [0.3, 0.4) is 0 Å². The minimum absolute atomic E-state index is 0.169. The maximum atomic E-state index is 9.79. The van der Waals surface area contributed by atoms with Gasteiger partial charge in [0.05, 0.1) is 12.2 Å². The molecule has 3 aliphatic rings. The summed E-state index contributed by atoms with van der Waals surface area (Å²) >= 11 is 0. The molecule has 3 nitrogen and oxygen atoms in total. The van der Waals surface area contributed by atoms with Gasteiger partial charge in [0.25, 0.3) is 0 Å². The van der Waals surface area contributed by atoms with E-state index < -0.39 is 0 Å². The van der Waals surface area contributed by atoms with Crippen molar-refractivity contribution in [2.75, 3.05) is 19.7 Å². The molecule has 0 aromatic heterocycles. The molecule has 0 spiro atoms. The van der Waals surface area contributed by atoms with Gasteiger partial charge in [0.2, 0.25) is 0 Å². The maximum absolute atomic E-state index is 9.79. The highest BCUT2D eigenvalue weighted by atomic mass is 16.5. The van der Waals surface area contributed by atoms with Crippen molar-refractivity contribution in [3.05, 3.63) is 41.0 Å². The van der Waals surface area contributed by atoms with Crippen molar-refractivity contribution in [2.45, 2.75) is 76.0 Å². The number of likely N-dealkylation sites (tertiary alicyclic amines) is 1. The highest BCUT2D eigenvalue weighted by Gasteiger charge is 2.25. The highest BCUT2D eigenvalue weighted by Crippen LogP contribution is 2.29. The van der Waals surface area contributed by atoms with Gasteiger partial charge in [-0.3, -0.25) is 0 Å². The van der Waals surface area contributed by atoms with E-state index in [1.807, 2.05) is 0 Å². The first kappa shape index (κ1) is 18.2. The fraction of sp³-hybridized carbons (Fsp3) is 0.652. The molecule has 142 valence electrons. The van der Waals surface area contributed by atoms with Gasteiger partial charge in [0, 0.05) is 19.2 Å². The minimum Gasteiger partial charge on any atom is -0.393 e. The van der Waals surface area contributed by atoms with E-state index in [1.165, 1.54) is 62.7 Å². The van der Waals surface area contributed by atoms with Gasteiger partial charge in [-0.15, -0.1) is 0 Å². The van der Waals surface area contributed by atoms with Crippen LogP contribution in [0.4, 0.5) is 0 Å². The van der Waals surface area contributed by atoms with Crippen LogP contribution in [0.15, 0.2) is 29.8 Å². The second-order valence-corrected chi connectivity index (χ2v) is 8.39. The number of rotatable bonds is 4. The monoisotopic (exact) mass is 355 g/mol. The van der Waals surface area contributed by atoms with Crippen LogP contribution >= 0.6 is 0 Å². The average Bonchev–Trinajstić information content (AvgIpc) is 2.81. The van der Waals surface area contributed by atoms with E-state index in [-0.39, 0.29) is 12.2 Å². The Kier molecular flexibility index (Phi) is 6.08. The lowest BCUT2D eigenvalue weighted by molar-refractivity contribution is -0.0423. The van der Waals surface area contributed by atoms with Crippen LogP contribution in [-0.4, -0.2) is 48.0 Å². The lowest BCUT2D eigenvalue weighted by Crippen LogP contribution is -2.40. The van der Waals surface area contributed by atoms with Crippen LogP contribution in [0.1, 0.15) is 62.5 Å². The molecule has 1 aliphatic carbocycles. The fourth-order valence-corrected chi connectivity index (χ4v) is 4.55. The Labute approximate surface area is 158 Å². The van der Waals surface area contributed by atoms with Gasteiger partial charge >= 0.3 is 0 Å². The van der Waals surface area contributed by atoms with Crippen molar-refractivity contribution in [2.24, 2.45) is 0 Å². The lowest BCUT2D eigenvalue weighted by atomic mass is 9.91. The van der Waals surface area contributed by atoms with E-state index in [9.17, 15) is 5.11 Å². The zero-order valence-corrected chi connectivity index (χ0v) is 15.9. The molecule has 0 amide bonds. The summed E-state index contributed by atoms with van der Waals surface area (Å²) in [5.41, 5.74) is 4.24. The summed E-state index contributed by atoms with van der Waals surface area (Å²) in [6.07, 6.45) is 12.9. The zero-order chi connectivity index (χ0) is 17.8. The first-order valence-corrected chi connectivity index (χ1v) is 10.6. The molecule has 2 aliphatic heterocycles. The molecular formula is C23H33NO2. The number of aliphatic hydroxyl groups excluding tert-OH is 1. The number of ether oxygens (including phenoxy) is 1. The largest absolute Gasteiger partial charge is 0.393 e. The first-order valence-electron chi connectivity index (χ1n) is 10.6. The van der Waals surface area contributed by atoms with Crippen LogP contribution in [0.25, 0.3) is 6.08 Å². The predicted molar refractivity (Wildman–Crippen MR) is 106 cm³/mol. The highest BCUT2D eigenvalue weighted by molar-refractivity contribution is 5.53. The van der Waals surface area contributed by atoms with Gasteiger partial charge in [-0.05, 0) is 69.0 Å². The molecule has 2 atom stereocenters. The molecule has 1 saturated carbocycles. The average molecular weight is 356 g/mol. The topological polar surface area (TPSA) is 32.7 Å². The molecular weight excluding hydrogens is 322 g/mol. The number of benzene rings is 1. The summed E-state index contributed by atoms with van der Waals surface area (Å²) in [5.74, 6) is 0. The van der Waals surface area contributed by atoms with E-state index in [4.69, 9.17) is 4.74 Å². The van der Waals surface area contributed by atoms with Crippen LogP contribution in [0, 0.1) is 0 Å². The van der Waals surface area contributed by atoms with Crippen LogP contribution in [0.2, 0.25) is 0 Å². The Balaban J connectivity index is 1.32. The molecule has 1 N–H and O–H groups in total. The summed E-state index contributed by atoms with van der Waals surface area (Å²) in [6.45, 7) is 3.22. The second kappa shape index (κ2) is 8.69. The number of hydrogen-bond donors (Lipinski definition) is 1. The second-order valence-electron chi connectivity index (χ2n) is 8.39. The Morgan fingerprint density at radius 1 is 1.04 bits per heavy atom. The van der Waals surface area contributed by atoms with E-state index >= 15 is 0 Å². The molecule has 2 unspecified atom stereocenters. The molecule has 3 fully saturated rings. The van der Waals surface area contributed by atoms with Crippen molar-refractivity contribution in [1.82, 2.24) is 4.90 Å². The molecule has 2 heterocycles. The maximum Gasteiger partial charge on any atom is 0.0640 e. The van der Waals surface area contributed by atoms with Crippen molar-refractivity contribution < 1.29 is 9.84 Å². The van der Waals surface area contributed by atoms with Gasteiger partial charge in [0.15, 0.2) is 0 Å². The smallest absolute Gasteiger partial charge is 0.0640 e. The molecule has 2 saturated heterocycles. The third kappa shape index (κ3) is 4.76. The summed E-state index contributed by atoms with van der Waals surface area (Å²) in [7, 11) is 0. The minimum atomic E-state index is -0.188. The van der Waals surface area contributed by atoms with Crippen molar-refractivity contribution >= 4 is 6.08 Å². The SMILES string of the molecule is OC1CCOC(Cc2ccc(C=C3CCCN(C4CCC4)CC3)cc2)C1. The van der Waals surface area contributed by atoms with Gasteiger partial charge in [0.1, 0.15) is 0 Å². The Hall–Kier alpha value is -1.16. The normalized spacial score (nSPS) is 30.1. The van der Waals surface area contributed by atoms with Crippen LogP contribution in [-0.2, 0) is 11.2 Å². The Bertz CT molecular complexity index is 605. The summed E-state index contributed by atoms with van der Waals surface area (Å²) in [5, 5.41) is 9.79. The molecule has 3 heteroatoms. The van der Waals surface area contributed by atoms with Crippen molar-refractivity contribution in [3.63, 3.8) is 0 Å². The van der Waals surface area contributed by atoms with Gasteiger partial charge in [-0.2, -0.15) is 0 Å². The standard InChI is InChI=1S/C23H33NO2/c25-22-11-14-26-23(17-22)16-20-8-6-19(7-9-20)15-18-3-2-12-24(13-10-18)21-4-1-5-21/h6-9,15,21-23,25H,1-5,10-14,16-17H2. The van der Waals surface area contributed by atoms with Gasteiger partial charge in [-0.25, -0.2) is 0 Å². The van der Waals surface area contributed by atoms with Crippen molar-refractivity contribution in [1.29, 1.82) is 0 Å². The third-order valence-electron chi connectivity index (χ3n) is 6.41. The molecule has 4 rings (SSSR count). The lowest BCUT2D eigenvalue weighted by Gasteiger charge is -2.36. The van der Waals surface area contributed by atoms with E-state index in [1.54, 1.807) is 5.57 Å². The van der Waals surface area contributed by atoms with Gasteiger partial charge in [-0.1, -0.05) is 42.3 Å². The number of hydrogen-bond acceptors (Lipinski definition) is 3. The zero-order valence-electron chi connectivity index (χ0n) is 15.9. The summed E-state index contributed by atoms with van der Waals surface area (Å²) in [4.78, 5) is 2.73. The molecule has 0 radical (unpaired) electrons. The fourth-order valence-electron chi connectivity index (χ4n) is 4.55. The summed E-state index contributed by atoms with van der Waals surface area (Å²) < 4.78 is 5.78. The van der Waals surface area contributed by atoms with Crippen molar-refractivity contribution in [3.8, 4) is 0 Å². The van der Waals surface area contributed by atoms with E-state index in [0.29, 0.717) is 6.61 Å². The van der Waals surface area contributed by atoms with Gasteiger partial charge < -0.3 is 14.7 Å². The Morgan fingerprint density at radius 3 is 2.62 bits per heavy atom. The quantitative estimate of drug-likeness (QED) is 0.879. The number of aliphatic hydroxyl groups is 1. The van der Waals surface area contributed by atoms with E-state index in [2.05, 4.69) is 35.2 Å². The summed E-state index contributed by atoms with van der Waals surface area (Å²) in [6, 6.07) is 9.84. The molecule has 0 bridgehead atoms. The van der Waals surface area contributed by atoms with Crippen LogP contribution < -0.4 is 0 Å². The third-order valence-corrected chi connectivity index (χ3v) is 6.41. The van der Waals surface area contributed by atoms with E-state index in [0.717, 1.165) is 25.3 Å². The Morgan fingerprint density at radius 2 is 1.88 bits per heavy atom. The molecule has 26 heavy (non-hydrogen) atoms. The first-order chi connectivity index (χ1) is 12.8.